The Morgan fingerprint density at radius 1 is 1.19 bits per heavy atom. The zero-order valence-corrected chi connectivity index (χ0v) is 10.6. The van der Waals surface area contributed by atoms with Gasteiger partial charge in [0.05, 0.1) is 7.11 Å². The summed E-state index contributed by atoms with van der Waals surface area (Å²) in [6.45, 7) is 4.49. The summed E-state index contributed by atoms with van der Waals surface area (Å²) in [6, 6.07) is 8.11. The van der Waals surface area contributed by atoms with Crippen LogP contribution in [0.15, 0.2) is 24.3 Å². The van der Waals surface area contributed by atoms with E-state index in [0.717, 1.165) is 23.7 Å². The molecule has 0 aromatic heterocycles. The Labute approximate surface area is 98.8 Å². The number of para-hydroxylation sites is 1. The molecule has 0 fully saturated rings. The number of nitrogens with two attached hydrogens (primary N) is 1. The van der Waals surface area contributed by atoms with Crippen molar-refractivity contribution >= 4 is 0 Å². The van der Waals surface area contributed by atoms with Crippen LogP contribution in [0.3, 0.4) is 0 Å². The summed E-state index contributed by atoms with van der Waals surface area (Å²) < 4.78 is 5.31. The van der Waals surface area contributed by atoms with Crippen LogP contribution in [0.25, 0.3) is 0 Å². The van der Waals surface area contributed by atoms with E-state index in [-0.39, 0.29) is 6.04 Å². The van der Waals surface area contributed by atoms with Gasteiger partial charge in [0.2, 0.25) is 0 Å². The Bertz CT molecular complexity index is 309. The van der Waals surface area contributed by atoms with Crippen molar-refractivity contribution in [3.8, 4) is 5.75 Å². The largest absolute Gasteiger partial charge is 0.496 e. The number of hydrogen-bond donors (Lipinski definition) is 1. The molecule has 0 saturated carbocycles. The van der Waals surface area contributed by atoms with Gasteiger partial charge in [0.15, 0.2) is 0 Å². The second-order valence-corrected chi connectivity index (χ2v) is 4.67. The van der Waals surface area contributed by atoms with Crippen molar-refractivity contribution in [3.63, 3.8) is 0 Å². The SMILES string of the molecule is COc1ccccc1C(N)CCCC(C)C. The predicted molar refractivity (Wildman–Crippen MR) is 68.6 cm³/mol. The van der Waals surface area contributed by atoms with Crippen LogP contribution in [0.4, 0.5) is 0 Å². The first-order valence-corrected chi connectivity index (χ1v) is 6.03. The lowest BCUT2D eigenvalue weighted by Gasteiger charge is -2.15. The minimum Gasteiger partial charge on any atom is -0.496 e. The van der Waals surface area contributed by atoms with Crippen molar-refractivity contribution in [3.05, 3.63) is 29.8 Å². The molecule has 1 aromatic rings. The molecule has 0 aliphatic carbocycles. The summed E-state index contributed by atoms with van der Waals surface area (Å²) in [7, 11) is 1.69. The fourth-order valence-corrected chi connectivity index (χ4v) is 1.87. The molecule has 2 nitrogen and oxygen atoms in total. The van der Waals surface area contributed by atoms with Gasteiger partial charge in [-0.05, 0) is 18.4 Å². The molecule has 0 radical (unpaired) electrons. The van der Waals surface area contributed by atoms with Crippen molar-refractivity contribution < 1.29 is 4.74 Å². The number of rotatable bonds is 6. The lowest BCUT2D eigenvalue weighted by atomic mass is 9.98. The maximum atomic E-state index is 6.18. The van der Waals surface area contributed by atoms with E-state index in [0.29, 0.717) is 0 Å². The highest BCUT2D eigenvalue weighted by Crippen LogP contribution is 2.26. The molecule has 0 heterocycles. The molecule has 16 heavy (non-hydrogen) atoms. The van der Waals surface area contributed by atoms with Crippen LogP contribution >= 0.6 is 0 Å². The second-order valence-electron chi connectivity index (χ2n) is 4.67. The highest BCUT2D eigenvalue weighted by atomic mass is 16.5. The van der Waals surface area contributed by atoms with E-state index in [4.69, 9.17) is 10.5 Å². The van der Waals surface area contributed by atoms with Gasteiger partial charge in [0.1, 0.15) is 5.75 Å². The molecule has 0 aliphatic rings. The Hall–Kier alpha value is -1.02. The molecule has 90 valence electrons. The molecule has 0 amide bonds. The van der Waals surface area contributed by atoms with Gasteiger partial charge in [0, 0.05) is 11.6 Å². The normalized spacial score (nSPS) is 12.8. The molecule has 0 aliphatic heterocycles. The highest BCUT2D eigenvalue weighted by molar-refractivity contribution is 5.35. The fourth-order valence-electron chi connectivity index (χ4n) is 1.87. The fraction of sp³-hybridized carbons (Fsp3) is 0.571. The van der Waals surface area contributed by atoms with E-state index in [9.17, 15) is 0 Å². The summed E-state index contributed by atoms with van der Waals surface area (Å²) in [4.78, 5) is 0. The monoisotopic (exact) mass is 221 g/mol. The van der Waals surface area contributed by atoms with E-state index < -0.39 is 0 Å². The summed E-state index contributed by atoms with van der Waals surface area (Å²) in [5.74, 6) is 1.66. The van der Waals surface area contributed by atoms with Crippen molar-refractivity contribution in [2.75, 3.05) is 7.11 Å². The van der Waals surface area contributed by atoms with E-state index in [1.54, 1.807) is 7.11 Å². The Morgan fingerprint density at radius 2 is 1.88 bits per heavy atom. The highest BCUT2D eigenvalue weighted by Gasteiger charge is 2.10. The smallest absolute Gasteiger partial charge is 0.123 e. The first-order chi connectivity index (χ1) is 7.65. The Balaban J connectivity index is 2.55. The number of hydrogen-bond acceptors (Lipinski definition) is 2. The van der Waals surface area contributed by atoms with Crippen LogP contribution in [0.2, 0.25) is 0 Å². The molecule has 2 N–H and O–H groups in total. The van der Waals surface area contributed by atoms with Gasteiger partial charge in [-0.1, -0.05) is 44.9 Å². The zero-order valence-electron chi connectivity index (χ0n) is 10.6. The maximum absolute atomic E-state index is 6.18. The van der Waals surface area contributed by atoms with Crippen LogP contribution in [0, 0.1) is 5.92 Å². The molecular weight excluding hydrogens is 198 g/mol. The minimum atomic E-state index is 0.0925. The summed E-state index contributed by atoms with van der Waals surface area (Å²) in [6.07, 6.45) is 3.44. The topological polar surface area (TPSA) is 35.2 Å². The molecule has 0 saturated heterocycles. The molecule has 2 heteroatoms. The third kappa shape index (κ3) is 3.86. The van der Waals surface area contributed by atoms with E-state index in [2.05, 4.69) is 19.9 Å². The quantitative estimate of drug-likeness (QED) is 0.797. The second kappa shape index (κ2) is 6.54. The first-order valence-electron chi connectivity index (χ1n) is 6.03. The van der Waals surface area contributed by atoms with Gasteiger partial charge in [-0.25, -0.2) is 0 Å². The van der Waals surface area contributed by atoms with Crippen molar-refractivity contribution in [2.45, 2.75) is 39.2 Å². The van der Waals surface area contributed by atoms with Gasteiger partial charge in [-0.3, -0.25) is 0 Å². The minimum absolute atomic E-state index is 0.0925. The molecule has 0 spiro atoms. The molecule has 1 unspecified atom stereocenters. The molecule has 1 rings (SSSR count). The third-order valence-corrected chi connectivity index (χ3v) is 2.83. The standard InChI is InChI=1S/C14H23NO/c1-11(2)7-6-9-13(15)12-8-4-5-10-14(12)16-3/h4-5,8,10-11,13H,6-7,9,15H2,1-3H3. The number of ether oxygens (including phenoxy) is 1. The van der Waals surface area contributed by atoms with Gasteiger partial charge >= 0.3 is 0 Å². The average Bonchev–Trinajstić information content (AvgIpc) is 2.28. The average molecular weight is 221 g/mol. The summed E-state index contributed by atoms with van der Waals surface area (Å²) >= 11 is 0. The summed E-state index contributed by atoms with van der Waals surface area (Å²) in [5.41, 5.74) is 7.30. The van der Waals surface area contributed by atoms with Gasteiger partial charge in [-0.15, -0.1) is 0 Å². The maximum Gasteiger partial charge on any atom is 0.123 e. The Morgan fingerprint density at radius 3 is 2.50 bits per heavy atom. The van der Waals surface area contributed by atoms with Crippen LogP contribution in [-0.4, -0.2) is 7.11 Å². The lowest BCUT2D eigenvalue weighted by molar-refractivity contribution is 0.402. The molecule has 0 bridgehead atoms. The number of methoxy groups -OCH3 is 1. The first kappa shape index (κ1) is 13.0. The van der Waals surface area contributed by atoms with Crippen LogP contribution in [-0.2, 0) is 0 Å². The van der Waals surface area contributed by atoms with Crippen LogP contribution in [0.5, 0.6) is 5.75 Å². The lowest BCUT2D eigenvalue weighted by Crippen LogP contribution is -2.11. The summed E-state index contributed by atoms with van der Waals surface area (Å²) in [5, 5.41) is 0. The molecular formula is C14H23NO. The third-order valence-electron chi connectivity index (χ3n) is 2.83. The van der Waals surface area contributed by atoms with E-state index in [1.807, 2.05) is 18.2 Å². The zero-order chi connectivity index (χ0) is 12.0. The van der Waals surface area contributed by atoms with Crippen molar-refractivity contribution in [1.29, 1.82) is 0 Å². The van der Waals surface area contributed by atoms with Crippen LogP contribution in [0.1, 0.15) is 44.7 Å². The van der Waals surface area contributed by atoms with Gasteiger partial charge in [0.25, 0.3) is 0 Å². The van der Waals surface area contributed by atoms with Gasteiger partial charge < -0.3 is 10.5 Å². The number of benzene rings is 1. The van der Waals surface area contributed by atoms with Gasteiger partial charge in [-0.2, -0.15) is 0 Å². The predicted octanol–water partition coefficient (Wildman–Crippen LogP) is 3.52. The Kier molecular flexibility index (Phi) is 5.33. The molecule has 1 aromatic carbocycles. The van der Waals surface area contributed by atoms with Crippen LogP contribution < -0.4 is 10.5 Å². The van der Waals surface area contributed by atoms with E-state index in [1.165, 1.54) is 12.8 Å². The van der Waals surface area contributed by atoms with E-state index >= 15 is 0 Å². The molecule has 1 atom stereocenters. The van der Waals surface area contributed by atoms with Crippen molar-refractivity contribution in [1.82, 2.24) is 0 Å². The van der Waals surface area contributed by atoms with Crippen molar-refractivity contribution in [2.24, 2.45) is 11.7 Å².